The molecule has 1 heterocycles. The third-order valence-electron chi connectivity index (χ3n) is 4.49. The van der Waals surface area contributed by atoms with E-state index >= 15 is 0 Å². The van der Waals surface area contributed by atoms with Crippen molar-refractivity contribution in [1.29, 1.82) is 0 Å². The molecular formula is C22H24BrNO3. The fourth-order valence-corrected chi connectivity index (χ4v) is 4.04. The first-order valence-electron chi connectivity index (χ1n) is 9.07. The molecule has 0 saturated carbocycles. The molecule has 4 nitrogen and oxygen atoms in total. The van der Waals surface area contributed by atoms with E-state index in [4.69, 9.17) is 4.74 Å². The van der Waals surface area contributed by atoms with Crippen molar-refractivity contribution in [1.82, 2.24) is 0 Å². The van der Waals surface area contributed by atoms with Gasteiger partial charge in [-0.05, 0) is 44.4 Å². The number of fused-ring (bicyclic) bond motifs is 1. The molecule has 3 rings (SSSR count). The third kappa shape index (κ3) is 4.59. The molecule has 0 bridgehead atoms. The Labute approximate surface area is 168 Å². The minimum absolute atomic E-state index is 0.0689. The summed E-state index contributed by atoms with van der Waals surface area (Å²) in [5.41, 5.74) is 2.37. The van der Waals surface area contributed by atoms with Crippen LogP contribution in [0.4, 0.5) is 5.69 Å². The number of nitrogens with zero attached hydrogens (tertiary/aromatic N) is 1. The second-order valence-corrected chi connectivity index (χ2v) is 8.84. The van der Waals surface area contributed by atoms with Gasteiger partial charge in [-0.25, -0.2) is 0 Å². The second kappa shape index (κ2) is 7.85. The highest BCUT2D eigenvalue weighted by Gasteiger charge is 2.35. The number of ether oxygens (including phenoxy) is 1. The molecule has 0 saturated heterocycles. The van der Waals surface area contributed by atoms with Crippen LogP contribution in [0.1, 0.15) is 44.2 Å². The van der Waals surface area contributed by atoms with Gasteiger partial charge >= 0.3 is 5.97 Å². The van der Waals surface area contributed by atoms with Crippen molar-refractivity contribution in [2.24, 2.45) is 0 Å². The van der Waals surface area contributed by atoms with Crippen molar-refractivity contribution >= 4 is 33.5 Å². The van der Waals surface area contributed by atoms with E-state index in [0.717, 1.165) is 16.8 Å². The van der Waals surface area contributed by atoms with E-state index in [1.165, 1.54) is 0 Å². The smallest absolute Gasteiger partial charge is 0.326 e. The topological polar surface area (TPSA) is 46.6 Å². The zero-order chi connectivity index (χ0) is 19.6. The highest BCUT2D eigenvalue weighted by Crippen LogP contribution is 2.40. The average Bonchev–Trinajstić information content (AvgIpc) is 2.72. The number of amides is 1. The minimum Gasteiger partial charge on any atom is -0.459 e. The Kier molecular flexibility index (Phi) is 5.70. The Hall–Kier alpha value is -2.14. The van der Waals surface area contributed by atoms with Crippen LogP contribution in [-0.2, 0) is 14.3 Å². The lowest BCUT2D eigenvalue weighted by Gasteiger charge is -2.26. The summed E-state index contributed by atoms with van der Waals surface area (Å²) in [5, 5.41) is 0. The lowest BCUT2D eigenvalue weighted by molar-refractivity contribution is -0.153. The number of para-hydroxylation sites is 1. The van der Waals surface area contributed by atoms with E-state index in [2.05, 4.69) is 28.1 Å². The molecule has 0 aromatic heterocycles. The van der Waals surface area contributed by atoms with E-state index in [0.29, 0.717) is 6.42 Å². The zero-order valence-corrected chi connectivity index (χ0v) is 17.4. The van der Waals surface area contributed by atoms with Crippen LogP contribution in [0.2, 0.25) is 0 Å². The molecule has 1 aliphatic rings. The van der Waals surface area contributed by atoms with Gasteiger partial charge in [-0.15, -0.1) is 0 Å². The molecule has 0 radical (unpaired) electrons. The fourth-order valence-electron chi connectivity index (χ4n) is 3.42. The summed E-state index contributed by atoms with van der Waals surface area (Å²) in [6.07, 6.45) is 0.630. The predicted molar refractivity (Wildman–Crippen MR) is 110 cm³/mol. The summed E-state index contributed by atoms with van der Waals surface area (Å²) in [4.78, 5) is 26.6. The number of alkyl halides is 1. The molecule has 2 aromatic rings. The van der Waals surface area contributed by atoms with Gasteiger partial charge in [0.2, 0.25) is 5.91 Å². The standard InChI is InChI=1S/C22H24BrNO3/c1-22(2,3)27-20(25)14-24-19-12-8-7-11-16(19)17(13-18(23)21(24)26)15-9-5-4-6-10-15/h4-12,17-18H,13-14H2,1-3H3/t17-,18+/m1/s1. The van der Waals surface area contributed by atoms with Crippen LogP contribution in [0.15, 0.2) is 54.6 Å². The van der Waals surface area contributed by atoms with Crippen molar-refractivity contribution in [2.45, 2.75) is 43.5 Å². The first kappa shape index (κ1) is 19.6. The van der Waals surface area contributed by atoms with Gasteiger partial charge in [-0.1, -0.05) is 64.5 Å². The molecule has 0 spiro atoms. The van der Waals surface area contributed by atoms with Gasteiger partial charge in [0.05, 0.1) is 4.83 Å². The van der Waals surface area contributed by atoms with Gasteiger partial charge in [-0.2, -0.15) is 0 Å². The molecule has 27 heavy (non-hydrogen) atoms. The highest BCUT2D eigenvalue weighted by molar-refractivity contribution is 9.10. The molecule has 1 aliphatic heterocycles. The number of carbonyl (C=O) groups excluding carboxylic acids is 2. The van der Waals surface area contributed by atoms with Crippen LogP contribution in [0.25, 0.3) is 0 Å². The molecule has 0 aliphatic carbocycles. The number of esters is 1. The Morgan fingerprint density at radius 1 is 1.11 bits per heavy atom. The molecule has 2 aromatic carbocycles. The number of rotatable bonds is 3. The zero-order valence-electron chi connectivity index (χ0n) is 15.8. The largest absolute Gasteiger partial charge is 0.459 e. The third-order valence-corrected chi connectivity index (χ3v) is 5.25. The molecule has 5 heteroatoms. The SMILES string of the molecule is CC(C)(C)OC(=O)CN1C(=O)[C@@H](Br)C[C@H](c2ccccc2)c2ccccc21. The van der Waals surface area contributed by atoms with Crippen molar-refractivity contribution in [2.75, 3.05) is 11.4 Å². The molecule has 0 N–H and O–H groups in total. The summed E-state index contributed by atoms with van der Waals surface area (Å²) in [6.45, 7) is 5.36. The lowest BCUT2D eigenvalue weighted by Crippen LogP contribution is -2.41. The first-order valence-corrected chi connectivity index (χ1v) is 9.99. The summed E-state index contributed by atoms with van der Waals surface area (Å²) in [6, 6.07) is 18.0. The number of hydrogen-bond donors (Lipinski definition) is 0. The van der Waals surface area contributed by atoms with E-state index in [-0.39, 0.29) is 23.2 Å². The highest BCUT2D eigenvalue weighted by atomic mass is 79.9. The summed E-state index contributed by atoms with van der Waals surface area (Å²) < 4.78 is 5.44. The van der Waals surface area contributed by atoms with E-state index in [9.17, 15) is 9.59 Å². The monoisotopic (exact) mass is 429 g/mol. The fraction of sp³-hybridized carbons (Fsp3) is 0.364. The number of carbonyl (C=O) groups is 2. The van der Waals surface area contributed by atoms with Crippen LogP contribution in [-0.4, -0.2) is 28.8 Å². The number of halogens is 1. The maximum absolute atomic E-state index is 13.1. The molecule has 1 amide bonds. The van der Waals surface area contributed by atoms with Gasteiger partial charge in [-0.3, -0.25) is 14.5 Å². The van der Waals surface area contributed by atoms with Gasteiger partial charge in [0.1, 0.15) is 12.1 Å². The van der Waals surface area contributed by atoms with E-state index in [1.807, 2.05) is 63.2 Å². The van der Waals surface area contributed by atoms with Crippen molar-refractivity contribution < 1.29 is 14.3 Å². The predicted octanol–water partition coefficient (Wildman–Crippen LogP) is 4.66. The normalized spacial score (nSPS) is 20.0. The maximum Gasteiger partial charge on any atom is 0.326 e. The van der Waals surface area contributed by atoms with Gasteiger partial charge in [0.25, 0.3) is 0 Å². The van der Waals surface area contributed by atoms with Crippen LogP contribution < -0.4 is 4.90 Å². The minimum atomic E-state index is -0.591. The van der Waals surface area contributed by atoms with Gasteiger partial charge in [0, 0.05) is 11.6 Å². The Balaban J connectivity index is 2.00. The lowest BCUT2D eigenvalue weighted by atomic mass is 9.87. The van der Waals surface area contributed by atoms with Crippen LogP contribution in [0.3, 0.4) is 0 Å². The van der Waals surface area contributed by atoms with Crippen LogP contribution in [0.5, 0.6) is 0 Å². The van der Waals surface area contributed by atoms with Crippen molar-refractivity contribution in [3.63, 3.8) is 0 Å². The first-order chi connectivity index (χ1) is 12.8. The molecule has 0 fully saturated rings. The number of benzene rings is 2. The number of anilines is 1. The Morgan fingerprint density at radius 3 is 2.41 bits per heavy atom. The van der Waals surface area contributed by atoms with E-state index < -0.39 is 11.6 Å². The number of hydrogen-bond acceptors (Lipinski definition) is 3. The van der Waals surface area contributed by atoms with Crippen molar-refractivity contribution in [3.8, 4) is 0 Å². The Bertz CT molecular complexity index is 829. The van der Waals surface area contributed by atoms with Gasteiger partial charge in [0.15, 0.2) is 0 Å². The van der Waals surface area contributed by atoms with Crippen LogP contribution >= 0.6 is 15.9 Å². The van der Waals surface area contributed by atoms with E-state index in [1.54, 1.807) is 4.90 Å². The summed E-state index contributed by atoms with van der Waals surface area (Å²) >= 11 is 3.55. The quantitative estimate of drug-likeness (QED) is 0.526. The summed E-state index contributed by atoms with van der Waals surface area (Å²) in [5.74, 6) is -0.463. The molecule has 142 valence electrons. The Morgan fingerprint density at radius 2 is 1.74 bits per heavy atom. The van der Waals surface area contributed by atoms with Crippen LogP contribution in [0, 0.1) is 0 Å². The van der Waals surface area contributed by atoms with Crippen molar-refractivity contribution in [3.05, 3.63) is 65.7 Å². The molecular weight excluding hydrogens is 406 g/mol. The van der Waals surface area contributed by atoms with Gasteiger partial charge < -0.3 is 4.74 Å². The molecule has 2 atom stereocenters. The molecule has 0 unspecified atom stereocenters. The summed E-state index contributed by atoms with van der Waals surface area (Å²) in [7, 11) is 0. The second-order valence-electron chi connectivity index (χ2n) is 7.74. The average molecular weight is 430 g/mol. The maximum atomic E-state index is 13.1.